The molecule has 0 aliphatic rings. The van der Waals surface area contributed by atoms with E-state index in [0.717, 1.165) is 0 Å². The summed E-state index contributed by atoms with van der Waals surface area (Å²) in [5.41, 5.74) is 0. The Hall–Kier alpha value is 0.0700. The van der Waals surface area contributed by atoms with Gasteiger partial charge in [-0.3, -0.25) is 0 Å². The molecule has 0 spiro atoms. The van der Waals surface area contributed by atoms with Gasteiger partial charge in [0, 0.05) is 6.54 Å². The van der Waals surface area contributed by atoms with Crippen LogP contribution in [0.15, 0.2) is 0 Å². The van der Waals surface area contributed by atoms with Crippen LogP contribution in [-0.2, 0) is 4.57 Å². The molecule has 50 valence electrons. The molecule has 0 saturated carbocycles. The summed E-state index contributed by atoms with van der Waals surface area (Å²) in [7, 11) is -4.09. The fraction of sp³-hybridized carbons (Fsp3) is 1.00. The number of nitrogens with one attached hydrogen (secondary N) is 1. The lowest BCUT2D eigenvalue weighted by molar-refractivity contribution is 0.289. The predicted octanol–water partition coefficient (Wildman–Crippen LogP) is -1.34. The minimum atomic E-state index is -4.09. The van der Waals surface area contributed by atoms with E-state index in [9.17, 15) is 4.57 Å². The fourth-order valence-corrected chi connectivity index (χ4v) is 0.587. The monoisotopic (exact) mass is 141 g/mol. The standard InChI is InChI=1S/C2H8NO4P/c4-2-1-3-8(5,6)7/h4H,1-2H2,(H3,3,5,6,7). The van der Waals surface area contributed by atoms with E-state index in [1.54, 1.807) is 5.09 Å². The van der Waals surface area contributed by atoms with Gasteiger partial charge in [0.05, 0.1) is 6.61 Å². The van der Waals surface area contributed by atoms with Crippen molar-refractivity contribution in [2.75, 3.05) is 13.2 Å². The molecule has 0 unspecified atom stereocenters. The molecule has 5 nitrogen and oxygen atoms in total. The summed E-state index contributed by atoms with van der Waals surface area (Å²) < 4.78 is 9.86. The quantitative estimate of drug-likeness (QED) is 0.365. The van der Waals surface area contributed by atoms with Crippen LogP contribution in [0.2, 0.25) is 0 Å². The van der Waals surface area contributed by atoms with Crippen LogP contribution in [-0.4, -0.2) is 28.0 Å². The van der Waals surface area contributed by atoms with Crippen molar-refractivity contribution in [3.63, 3.8) is 0 Å². The van der Waals surface area contributed by atoms with Gasteiger partial charge in [-0.15, -0.1) is 0 Å². The summed E-state index contributed by atoms with van der Waals surface area (Å²) >= 11 is 0. The zero-order chi connectivity index (χ0) is 6.62. The van der Waals surface area contributed by atoms with Crippen LogP contribution in [0, 0.1) is 0 Å². The van der Waals surface area contributed by atoms with Crippen molar-refractivity contribution in [2.45, 2.75) is 0 Å². The van der Waals surface area contributed by atoms with E-state index in [1.807, 2.05) is 0 Å². The highest BCUT2D eigenvalue weighted by Crippen LogP contribution is 2.26. The number of hydrogen-bond acceptors (Lipinski definition) is 2. The molecule has 0 saturated heterocycles. The maximum atomic E-state index is 9.86. The molecular weight excluding hydrogens is 133 g/mol. The second-order valence-electron chi connectivity index (χ2n) is 1.18. The Morgan fingerprint density at radius 2 is 2.00 bits per heavy atom. The van der Waals surface area contributed by atoms with Crippen LogP contribution in [0.4, 0.5) is 0 Å². The van der Waals surface area contributed by atoms with Crippen molar-refractivity contribution in [3.8, 4) is 0 Å². The fourth-order valence-electron chi connectivity index (χ4n) is 0.196. The van der Waals surface area contributed by atoms with Crippen LogP contribution in [0.1, 0.15) is 0 Å². The van der Waals surface area contributed by atoms with Crippen LogP contribution < -0.4 is 5.09 Å². The van der Waals surface area contributed by atoms with E-state index in [4.69, 9.17) is 14.9 Å². The van der Waals surface area contributed by atoms with Gasteiger partial charge in [0.1, 0.15) is 0 Å². The van der Waals surface area contributed by atoms with Gasteiger partial charge in [-0.2, -0.15) is 0 Å². The molecule has 0 radical (unpaired) electrons. The van der Waals surface area contributed by atoms with Gasteiger partial charge >= 0.3 is 7.75 Å². The molecule has 0 aromatic carbocycles. The molecule has 8 heavy (non-hydrogen) atoms. The van der Waals surface area contributed by atoms with Gasteiger partial charge in [-0.1, -0.05) is 0 Å². The molecule has 0 amide bonds. The van der Waals surface area contributed by atoms with Crippen LogP contribution in [0.3, 0.4) is 0 Å². The van der Waals surface area contributed by atoms with Gasteiger partial charge in [-0.25, -0.2) is 9.65 Å². The third-order valence-electron chi connectivity index (χ3n) is 0.430. The molecule has 0 heterocycles. The largest absolute Gasteiger partial charge is 0.400 e. The summed E-state index contributed by atoms with van der Waals surface area (Å²) in [5.74, 6) is 0. The Kier molecular flexibility index (Phi) is 3.19. The summed E-state index contributed by atoms with van der Waals surface area (Å²) in [5, 5.41) is 9.81. The van der Waals surface area contributed by atoms with Crippen molar-refractivity contribution in [2.24, 2.45) is 0 Å². The minimum absolute atomic E-state index is 0.0791. The van der Waals surface area contributed by atoms with Gasteiger partial charge in [0.15, 0.2) is 0 Å². The zero-order valence-electron chi connectivity index (χ0n) is 4.11. The first-order chi connectivity index (χ1) is 3.56. The van der Waals surface area contributed by atoms with Gasteiger partial charge in [0.25, 0.3) is 0 Å². The lowest BCUT2D eigenvalue weighted by Gasteiger charge is -2.01. The smallest absolute Gasteiger partial charge is 0.395 e. The number of aliphatic hydroxyl groups is 1. The van der Waals surface area contributed by atoms with Gasteiger partial charge in [0.2, 0.25) is 0 Å². The Balaban J connectivity index is 3.26. The highest BCUT2D eigenvalue weighted by molar-refractivity contribution is 7.49. The molecule has 0 aromatic heterocycles. The predicted molar refractivity (Wildman–Crippen MR) is 27.1 cm³/mol. The molecule has 0 aliphatic heterocycles. The van der Waals surface area contributed by atoms with Crippen LogP contribution >= 0.6 is 7.75 Å². The first kappa shape index (κ1) is 8.07. The Morgan fingerprint density at radius 3 is 2.12 bits per heavy atom. The number of aliphatic hydroxyl groups excluding tert-OH is 1. The minimum Gasteiger partial charge on any atom is -0.395 e. The van der Waals surface area contributed by atoms with Gasteiger partial charge in [-0.05, 0) is 0 Å². The molecule has 0 rings (SSSR count). The van der Waals surface area contributed by atoms with Crippen molar-refractivity contribution in [1.82, 2.24) is 5.09 Å². The molecule has 4 N–H and O–H groups in total. The number of hydrogen-bond donors (Lipinski definition) is 4. The molecular formula is C2H8NO4P. The summed E-state index contributed by atoms with van der Waals surface area (Å²) in [6.45, 7) is -0.352. The molecule has 0 aromatic rings. The molecule has 6 heteroatoms. The van der Waals surface area contributed by atoms with Crippen molar-refractivity contribution < 1.29 is 19.5 Å². The second kappa shape index (κ2) is 3.17. The van der Waals surface area contributed by atoms with Crippen molar-refractivity contribution >= 4 is 7.75 Å². The van der Waals surface area contributed by atoms with E-state index >= 15 is 0 Å². The first-order valence-corrected chi connectivity index (χ1v) is 3.59. The first-order valence-electron chi connectivity index (χ1n) is 1.98. The van der Waals surface area contributed by atoms with E-state index in [0.29, 0.717) is 0 Å². The second-order valence-corrected chi connectivity index (χ2v) is 2.58. The normalized spacial score (nSPS) is 11.9. The summed E-state index contributed by atoms with van der Waals surface area (Å²) in [4.78, 5) is 16.1. The zero-order valence-corrected chi connectivity index (χ0v) is 5.01. The summed E-state index contributed by atoms with van der Waals surface area (Å²) in [6.07, 6.45) is 0. The van der Waals surface area contributed by atoms with Crippen LogP contribution in [0.25, 0.3) is 0 Å². The Labute approximate surface area is 46.6 Å². The molecule has 0 fully saturated rings. The average molecular weight is 141 g/mol. The molecule has 0 bridgehead atoms. The van der Waals surface area contributed by atoms with Crippen LogP contribution in [0.5, 0.6) is 0 Å². The number of rotatable bonds is 3. The average Bonchev–Trinajstić information content (AvgIpc) is 1.59. The lowest BCUT2D eigenvalue weighted by atomic mass is 10.8. The topological polar surface area (TPSA) is 89.8 Å². The maximum Gasteiger partial charge on any atom is 0.400 e. The highest BCUT2D eigenvalue weighted by atomic mass is 31.2. The van der Waals surface area contributed by atoms with Crippen molar-refractivity contribution in [1.29, 1.82) is 0 Å². The van der Waals surface area contributed by atoms with E-state index < -0.39 is 7.75 Å². The van der Waals surface area contributed by atoms with Crippen molar-refractivity contribution in [3.05, 3.63) is 0 Å². The van der Waals surface area contributed by atoms with E-state index in [-0.39, 0.29) is 13.2 Å². The third-order valence-corrected chi connectivity index (χ3v) is 1.07. The van der Waals surface area contributed by atoms with E-state index in [2.05, 4.69) is 0 Å². The SMILES string of the molecule is O=P(O)(O)NCCO. The van der Waals surface area contributed by atoms with Gasteiger partial charge < -0.3 is 14.9 Å². The van der Waals surface area contributed by atoms with E-state index in [1.165, 1.54) is 0 Å². The Bertz CT molecular complexity index is 98.2. The maximum absolute atomic E-state index is 9.86. The summed E-state index contributed by atoms with van der Waals surface area (Å²) in [6, 6.07) is 0. The Morgan fingerprint density at radius 1 is 1.50 bits per heavy atom. The third kappa shape index (κ3) is 6.07. The molecule has 0 atom stereocenters. The highest BCUT2D eigenvalue weighted by Gasteiger charge is 2.08. The lowest BCUT2D eigenvalue weighted by Crippen LogP contribution is -2.13. The molecule has 0 aliphatic carbocycles.